The van der Waals surface area contributed by atoms with E-state index < -0.39 is 0 Å². The maximum absolute atomic E-state index is 11.7. The zero-order valence-electron chi connectivity index (χ0n) is 12.0. The van der Waals surface area contributed by atoms with Crippen molar-refractivity contribution in [3.05, 3.63) is 23.4 Å². The van der Waals surface area contributed by atoms with Crippen LogP contribution < -0.4 is 5.32 Å². The van der Waals surface area contributed by atoms with Crippen molar-refractivity contribution in [1.29, 1.82) is 0 Å². The molecule has 2 heterocycles. The molecular formula is C14H21ClN4O. The summed E-state index contributed by atoms with van der Waals surface area (Å²) in [5.41, 5.74) is 0. The molecule has 0 saturated carbocycles. The van der Waals surface area contributed by atoms with Crippen LogP contribution in [0.2, 0.25) is 5.15 Å². The lowest BCUT2D eigenvalue weighted by Crippen LogP contribution is -2.44. The number of aromatic nitrogens is 1. The van der Waals surface area contributed by atoms with Gasteiger partial charge < -0.3 is 10.2 Å². The molecule has 0 atom stereocenters. The molecule has 5 nitrogen and oxygen atoms in total. The van der Waals surface area contributed by atoms with Crippen LogP contribution in [0.1, 0.15) is 12.8 Å². The van der Waals surface area contributed by atoms with Gasteiger partial charge in [0.15, 0.2) is 0 Å². The van der Waals surface area contributed by atoms with E-state index in [0.29, 0.717) is 17.7 Å². The number of carbonyl (C=O) groups excluding carboxylic acids is 1. The van der Waals surface area contributed by atoms with E-state index in [0.717, 1.165) is 31.7 Å². The largest absolute Gasteiger partial charge is 0.367 e. The summed E-state index contributed by atoms with van der Waals surface area (Å²) in [4.78, 5) is 19.7. The Morgan fingerprint density at radius 1 is 1.45 bits per heavy atom. The second-order valence-electron chi connectivity index (χ2n) is 5.33. The second kappa shape index (κ2) is 6.90. The first-order chi connectivity index (χ1) is 9.54. The maximum Gasteiger partial charge on any atom is 0.236 e. The minimum atomic E-state index is 0.160. The molecule has 1 aliphatic rings. The van der Waals surface area contributed by atoms with Crippen LogP contribution in [-0.4, -0.2) is 60.5 Å². The Labute approximate surface area is 124 Å². The van der Waals surface area contributed by atoms with Crippen LogP contribution in [0.15, 0.2) is 18.2 Å². The smallest absolute Gasteiger partial charge is 0.236 e. The van der Waals surface area contributed by atoms with E-state index in [9.17, 15) is 4.79 Å². The van der Waals surface area contributed by atoms with Crippen LogP contribution in [-0.2, 0) is 4.79 Å². The lowest BCUT2D eigenvalue weighted by molar-refractivity contribution is -0.130. The third-order valence-corrected chi connectivity index (χ3v) is 3.72. The Morgan fingerprint density at radius 3 is 2.75 bits per heavy atom. The number of hydrogen-bond donors (Lipinski definition) is 1. The predicted molar refractivity (Wildman–Crippen MR) is 81.0 cm³/mol. The van der Waals surface area contributed by atoms with E-state index in [1.165, 1.54) is 0 Å². The number of pyridine rings is 1. The highest BCUT2D eigenvalue weighted by atomic mass is 35.5. The Balaban J connectivity index is 1.78. The summed E-state index contributed by atoms with van der Waals surface area (Å²) in [7, 11) is 3.59. The number of likely N-dealkylation sites (tertiary alicyclic amines) is 1. The standard InChI is InChI=1S/C14H21ClN4O/c1-18(2)14(20)10-19-8-6-11(7-9-19)16-13-5-3-4-12(15)17-13/h3-5,11H,6-10H2,1-2H3,(H,16,17). The van der Waals surface area contributed by atoms with Crippen molar-refractivity contribution >= 4 is 23.3 Å². The molecule has 0 radical (unpaired) electrons. The second-order valence-corrected chi connectivity index (χ2v) is 5.72. The summed E-state index contributed by atoms with van der Waals surface area (Å²) < 4.78 is 0. The number of carbonyl (C=O) groups is 1. The fraction of sp³-hybridized carbons (Fsp3) is 0.571. The van der Waals surface area contributed by atoms with Gasteiger partial charge in [0.2, 0.25) is 5.91 Å². The number of anilines is 1. The van der Waals surface area contributed by atoms with Crippen LogP contribution in [0.4, 0.5) is 5.82 Å². The van der Waals surface area contributed by atoms with Gasteiger partial charge in [-0.1, -0.05) is 17.7 Å². The minimum Gasteiger partial charge on any atom is -0.367 e. The van der Waals surface area contributed by atoms with Crippen molar-refractivity contribution in [2.24, 2.45) is 0 Å². The van der Waals surface area contributed by atoms with Gasteiger partial charge in [0.1, 0.15) is 11.0 Å². The van der Waals surface area contributed by atoms with Gasteiger partial charge in [0.05, 0.1) is 6.54 Å². The number of rotatable bonds is 4. The molecule has 1 aromatic rings. The Morgan fingerprint density at radius 2 is 2.15 bits per heavy atom. The molecule has 0 bridgehead atoms. The first kappa shape index (κ1) is 15.1. The molecule has 0 spiro atoms. The Hall–Kier alpha value is -1.33. The number of nitrogens with zero attached hydrogens (tertiary/aromatic N) is 3. The summed E-state index contributed by atoms with van der Waals surface area (Å²) in [6.45, 7) is 2.37. The lowest BCUT2D eigenvalue weighted by Gasteiger charge is -2.32. The summed E-state index contributed by atoms with van der Waals surface area (Å²) in [6.07, 6.45) is 2.02. The van der Waals surface area contributed by atoms with E-state index in [2.05, 4.69) is 15.2 Å². The molecule has 6 heteroatoms. The van der Waals surface area contributed by atoms with Crippen LogP contribution in [0.3, 0.4) is 0 Å². The van der Waals surface area contributed by atoms with Crippen molar-refractivity contribution in [2.75, 3.05) is 39.0 Å². The molecule has 0 aliphatic carbocycles. The van der Waals surface area contributed by atoms with Gasteiger partial charge in [0.25, 0.3) is 0 Å². The maximum atomic E-state index is 11.7. The summed E-state index contributed by atoms with van der Waals surface area (Å²) in [6, 6.07) is 5.98. The quantitative estimate of drug-likeness (QED) is 0.859. The fourth-order valence-corrected chi connectivity index (χ4v) is 2.43. The van der Waals surface area contributed by atoms with E-state index in [1.807, 2.05) is 12.1 Å². The Bertz CT molecular complexity index is 458. The first-order valence-electron chi connectivity index (χ1n) is 6.86. The molecule has 1 saturated heterocycles. The number of likely N-dealkylation sites (N-methyl/N-ethyl adjacent to an activating group) is 1. The molecule has 1 aliphatic heterocycles. The van der Waals surface area contributed by atoms with Crippen LogP contribution in [0, 0.1) is 0 Å². The van der Waals surface area contributed by atoms with E-state index >= 15 is 0 Å². The SMILES string of the molecule is CN(C)C(=O)CN1CCC(Nc2cccc(Cl)n2)CC1. The van der Waals surface area contributed by atoms with Crippen molar-refractivity contribution in [3.8, 4) is 0 Å². The van der Waals surface area contributed by atoms with Crippen LogP contribution in [0.5, 0.6) is 0 Å². The van der Waals surface area contributed by atoms with Gasteiger partial charge in [-0.3, -0.25) is 9.69 Å². The first-order valence-corrected chi connectivity index (χ1v) is 7.24. The Kier molecular flexibility index (Phi) is 5.20. The van der Waals surface area contributed by atoms with E-state index in [4.69, 9.17) is 11.6 Å². The number of halogens is 1. The zero-order chi connectivity index (χ0) is 14.5. The topological polar surface area (TPSA) is 48.5 Å². The molecule has 0 unspecified atom stereocenters. The average molecular weight is 297 g/mol. The van der Waals surface area contributed by atoms with Gasteiger partial charge in [0, 0.05) is 33.2 Å². The predicted octanol–water partition coefficient (Wildman–Crippen LogP) is 1.70. The highest BCUT2D eigenvalue weighted by Gasteiger charge is 2.21. The molecule has 20 heavy (non-hydrogen) atoms. The number of amides is 1. The number of nitrogens with one attached hydrogen (secondary N) is 1. The van der Waals surface area contributed by atoms with Gasteiger partial charge in [-0.05, 0) is 25.0 Å². The fourth-order valence-electron chi connectivity index (χ4n) is 2.27. The van der Waals surface area contributed by atoms with Crippen molar-refractivity contribution < 1.29 is 4.79 Å². The van der Waals surface area contributed by atoms with E-state index in [1.54, 1.807) is 25.1 Å². The van der Waals surface area contributed by atoms with Crippen molar-refractivity contribution in [1.82, 2.24) is 14.8 Å². The minimum absolute atomic E-state index is 0.160. The summed E-state index contributed by atoms with van der Waals surface area (Å²) in [5.74, 6) is 0.980. The monoisotopic (exact) mass is 296 g/mol. The molecule has 110 valence electrons. The summed E-state index contributed by atoms with van der Waals surface area (Å²) in [5, 5.41) is 3.90. The molecule has 1 fully saturated rings. The lowest BCUT2D eigenvalue weighted by atomic mass is 10.1. The van der Waals surface area contributed by atoms with Gasteiger partial charge in [-0.2, -0.15) is 0 Å². The normalized spacial score (nSPS) is 16.9. The van der Waals surface area contributed by atoms with Crippen molar-refractivity contribution in [3.63, 3.8) is 0 Å². The third-order valence-electron chi connectivity index (χ3n) is 3.51. The molecule has 2 rings (SSSR count). The van der Waals surface area contributed by atoms with Crippen LogP contribution >= 0.6 is 11.6 Å². The van der Waals surface area contributed by atoms with Crippen molar-refractivity contribution in [2.45, 2.75) is 18.9 Å². The van der Waals surface area contributed by atoms with Gasteiger partial charge in [-0.25, -0.2) is 4.98 Å². The number of hydrogen-bond acceptors (Lipinski definition) is 4. The highest BCUT2D eigenvalue weighted by Crippen LogP contribution is 2.16. The van der Waals surface area contributed by atoms with Gasteiger partial charge in [-0.15, -0.1) is 0 Å². The molecular weight excluding hydrogens is 276 g/mol. The molecule has 1 N–H and O–H groups in total. The molecule has 1 aromatic heterocycles. The summed E-state index contributed by atoms with van der Waals surface area (Å²) >= 11 is 5.87. The average Bonchev–Trinajstić information content (AvgIpc) is 2.41. The highest BCUT2D eigenvalue weighted by molar-refractivity contribution is 6.29. The molecule has 0 aromatic carbocycles. The zero-order valence-corrected chi connectivity index (χ0v) is 12.7. The van der Waals surface area contributed by atoms with E-state index in [-0.39, 0.29) is 5.91 Å². The third kappa shape index (κ3) is 4.35. The van der Waals surface area contributed by atoms with Gasteiger partial charge >= 0.3 is 0 Å². The number of piperidine rings is 1. The molecule has 1 amide bonds. The van der Waals surface area contributed by atoms with Crippen LogP contribution in [0.25, 0.3) is 0 Å².